The molecule has 0 spiro atoms. The predicted octanol–water partition coefficient (Wildman–Crippen LogP) is -13.5. The number of ether oxygens (including phenoxy) is 11. The molecule has 30 heteroatoms. The van der Waals surface area contributed by atoms with Crippen LogP contribution in [0.2, 0.25) is 0 Å². The maximum atomic E-state index is 11.6. The normalized spacial score (nSPS) is 53.5. The lowest BCUT2D eigenvalue weighted by molar-refractivity contribution is -0.386. The summed E-state index contributed by atoms with van der Waals surface area (Å²) in [5, 5.41) is 199. The van der Waals surface area contributed by atoms with Gasteiger partial charge in [-0.1, -0.05) is 0 Å². The third kappa shape index (κ3) is 11.2. The van der Waals surface area contributed by atoms with Gasteiger partial charge in [-0.25, -0.2) is 0 Å². The summed E-state index contributed by atoms with van der Waals surface area (Å²) >= 11 is 0. The molecule has 0 amide bonds. The number of aliphatic hydroxyl groups is 19. The van der Waals surface area contributed by atoms with Crippen molar-refractivity contribution < 1.29 is 149 Å². The molecular formula is C35H60O30. The van der Waals surface area contributed by atoms with E-state index in [9.17, 15) is 97.0 Å². The van der Waals surface area contributed by atoms with Gasteiger partial charge in [0.2, 0.25) is 0 Å². The molecule has 19 N–H and O–H groups in total. The fourth-order valence-corrected chi connectivity index (χ4v) is 8.01. The van der Waals surface area contributed by atoms with E-state index in [1.54, 1.807) is 0 Å². The van der Waals surface area contributed by atoms with Gasteiger partial charge in [0.05, 0.1) is 39.6 Å². The van der Waals surface area contributed by atoms with Crippen molar-refractivity contribution in [1.82, 2.24) is 0 Å². The second kappa shape index (κ2) is 22.7. The number of aliphatic hydroxyl groups excluding tert-OH is 19. The van der Waals surface area contributed by atoms with Crippen molar-refractivity contribution in [2.75, 3.05) is 39.6 Å². The Morgan fingerprint density at radius 2 is 0.677 bits per heavy atom. The largest absolute Gasteiger partial charge is 0.394 e. The molecule has 29 atom stereocenters. The highest BCUT2D eigenvalue weighted by Crippen LogP contribution is 2.35. The molecule has 0 aromatic heterocycles. The van der Waals surface area contributed by atoms with E-state index in [2.05, 4.69) is 0 Å². The second-order valence-corrected chi connectivity index (χ2v) is 16.4. The Balaban J connectivity index is 1.24. The molecule has 0 aliphatic carbocycles. The van der Waals surface area contributed by atoms with Crippen LogP contribution in [0.1, 0.15) is 0 Å². The zero-order chi connectivity index (χ0) is 47.8. The SMILES string of the molecule is OC[C@H]1O[C@@H](OC[C@H]2O[C@@H](OC[C@H]3O[C@@H](O[C@@H]4[C@@H](O)[C@H](O)O[C@H](CO)[C@@H]4O)[C@H](O)[C@@H](O[C@@H]4O[C@H](CO)[C@H](O)[C@H](O)[C@H]4O)[C@H]3O)[C@H](O)[C@@H](O[C@@H]3OC[C@H](O)[C@H](O)[C@H]3O)[C@H]2O)[C@H](O)[C@@H](O)[C@H]1O. The van der Waals surface area contributed by atoms with Gasteiger partial charge in [0.25, 0.3) is 0 Å². The summed E-state index contributed by atoms with van der Waals surface area (Å²) in [6, 6.07) is 0. The van der Waals surface area contributed by atoms with Crippen molar-refractivity contribution in [3.8, 4) is 0 Å². The molecule has 6 heterocycles. The van der Waals surface area contributed by atoms with Gasteiger partial charge in [0.1, 0.15) is 140 Å². The van der Waals surface area contributed by atoms with Crippen LogP contribution in [0.5, 0.6) is 0 Å². The van der Waals surface area contributed by atoms with Crippen molar-refractivity contribution in [1.29, 1.82) is 0 Å². The van der Waals surface area contributed by atoms with Gasteiger partial charge < -0.3 is 149 Å². The average molecular weight is 961 g/mol. The molecule has 0 unspecified atom stereocenters. The van der Waals surface area contributed by atoms with Gasteiger partial charge in [-0.2, -0.15) is 0 Å². The van der Waals surface area contributed by atoms with Crippen molar-refractivity contribution in [2.24, 2.45) is 0 Å². The molecule has 0 saturated carbocycles. The Labute approximate surface area is 366 Å². The van der Waals surface area contributed by atoms with E-state index >= 15 is 0 Å². The van der Waals surface area contributed by atoms with Crippen molar-refractivity contribution in [3.63, 3.8) is 0 Å². The van der Waals surface area contributed by atoms with Crippen LogP contribution in [0.4, 0.5) is 0 Å². The monoisotopic (exact) mass is 960 g/mol. The average Bonchev–Trinajstić information content (AvgIpc) is 3.29. The standard InChI is InChI=1S/C35H60O30/c36-1-8-14(41)19(46)22(49)31(59-8)56-5-11-17(44)28(63-32-21(48)13(40)7(39)4-55-32)25(52)33(61-11)57-6-12-18(45)29(65-34-23(50)20(47)15(42)9(2-37)60-34)26(53)35(62-12)64-27-16(43)10(3-38)58-30(54)24(27)51/h7-54H,1-6H2/t7-,8+,9+,10+,11+,12+,13-,14-,15-,16-,17-,18-,19-,20-,21+,22+,23+,24+,25+,26+,27-,28-,29-,30+,31+,32-,33+,34-,35-/m0/s1. The summed E-state index contributed by atoms with van der Waals surface area (Å²) in [5.74, 6) is 0. The molecule has 6 saturated heterocycles. The Morgan fingerprint density at radius 3 is 1.20 bits per heavy atom. The maximum absolute atomic E-state index is 11.6. The Hall–Kier alpha value is -1.20. The molecule has 6 rings (SSSR count). The lowest BCUT2D eigenvalue weighted by Gasteiger charge is -2.48. The smallest absolute Gasteiger partial charge is 0.187 e. The van der Waals surface area contributed by atoms with E-state index in [4.69, 9.17) is 52.1 Å². The summed E-state index contributed by atoms with van der Waals surface area (Å²) < 4.78 is 60.7. The highest BCUT2D eigenvalue weighted by atomic mass is 16.8. The number of rotatable bonds is 15. The molecular weight excluding hydrogens is 900 g/mol. The lowest BCUT2D eigenvalue weighted by Crippen LogP contribution is -2.67. The first kappa shape index (κ1) is 53.2. The highest BCUT2D eigenvalue weighted by Gasteiger charge is 2.56. The molecule has 6 aliphatic rings. The molecule has 0 aromatic carbocycles. The molecule has 6 aliphatic heterocycles. The van der Waals surface area contributed by atoms with E-state index in [1.165, 1.54) is 0 Å². The van der Waals surface area contributed by atoms with Crippen LogP contribution in [-0.4, -0.2) is 315 Å². The summed E-state index contributed by atoms with van der Waals surface area (Å²) in [5.41, 5.74) is 0. The summed E-state index contributed by atoms with van der Waals surface area (Å²) in [6.07, 6.45) is -55.0. The summed E-state index contributed by atoms with van der Waals surface area (Å²) in [6.45, 7) is -5.00. The van der Waals surface area contributed by atoms with Gasteiger partial charge in [0.15, 0.2) is 37.7 Å². The predicted molar refractivity (Wildman–Crippen MR) is 193 cm³/mol. The molecule has 380 valence electrons. The fourth-order valence-electron chi connectivity index (χ4n) is 8.01. The lowest BCUT2D eigenvalue weighted by atomic mass is 9.95. The summed E-state index contributed by atoms with van der Waals surface area (Å²) in [7, 11) is 0. The second-order valence-electron chi connectivity index (χ2n) is 16.4. The van der Waals surface area contributed by atoms with Crippen molar-refractivity contribution in [3.05, 3.63) is 0 Å². The van der Waals surface area contributed by atoms with E-state index in [0.717, 1.165) is 0 Å². The molecule has 30 nitrogen and oxygen atoms in total. The number of hydrogen-bond donors (Lipinski definition) is 19. The first-order valence-electron chi connectivity index (χ1n) is 20.5. The fraction of sp³-hybridized carbons (Fsp3) is 1.00. The quantitative estimate of drug-likeness (QED) is 0.0724. The first-order chi connectivity index (χ1) is 30.7. The molecule has 6 fully saturated rings. The maximum Gasteiger partial charge on any atom is 0.187 e. The zero-order valence-corrected chi connectivity index (χ0v) is 34.0. The van der Waals surface area contributed by atoms with Gasteiger partial charge in [-0.3, -0.25) is 0 Å². The third-order valence-electron chi connectivity index (χ3n) is 12.0. The zero-order valence-electron chi connectivity index (χ0n) is 34.0. The molecule has 0 radical (unpaired) electrons. The van der Waals surface area contributed by atoms with E-state index in [0.29, 0.717) is 0 Å². The highest BCUT2D eigenvalue weighted by molar-refractivity contribution is 4.98. The van der Waals surface area contributed by atoms with E-state index in [1.807, 2.05) is 0 Å². The van der Waals surface area contributed by atoms with Gasteiger partial charge in [-0.15, -0.1) is 0 Å². The Morgan fingerprint density at radius 1 is 0.323 bits per heavy atom. The van der Waals surface area contributed by atoms with Crippen LogP contribution in [-0.2, 0) is 52.1 Å². The molecule has 0 aromatic rings. The van der Waals surface area contributed by atoms with Crippen LogP contribution in [0, 0.1) is 0 Å². The van der Waals surface area contributed by atoms with Crippen LogP contribution >= 0.6 is 0 Å². The summed E-state index contributed by atoms with van der Waals surface area (Å²) in [4.78, 5) is 0. The minimum atomic E-state index is -2.20. The van der Waals surface area contributed by atoms with Gasteiger partial charge in [-0.05, 0) is 0 Å². The third-order valence-corrected chi connectivity index (χ3v) is 12.0. The van der Waals surface area contributed by atoms with Crippen LogP contribution in [0.25, 0.3) is 0 Å². The van der Waals surface area contributed by atoms with Crippen molar-refractivity contribution >= 4 is 0 Å². The van der Waals surface area contributed by atoms with Crippen LogP contribution in [0.3, 0.4) is 0 Å². The molecule has 0 bridgehead atoms. The molecule has 65 heavy (non-hydrogen) atoms. The van der Waals surface area contributed by atoms with Gasteiger partial charge >= 0.3 is 0 Å². The minimum absolute atomic E-state index is 0.582. The Bertz CT molecular complexity index is 1450. The Kier molecular flexibility index (Phi) is 18.6. The van der Waals surface area contributed by atoms with Crippen molar-refractivity contribution in [2.45, 2.75) is 178 Å². The van der Waals surface area contributed by atoms with E-state index < -0.39 is 218 Å². The topological polar surface area (TPSA) is 486 Å². The minimum Gasteiger partial charge on any atom is -0.394 e. The number of hydrogen-bond acceptors (Lipinski definition) is 30. The van der Waals surface area contributed by atoms with E-state index in [-0.39, 0.29) is 0 Å². The van der Waals surface area contributed by atoms with Crippen LogP contribution < -0.4 is 0 Å². The van der Waals surface area contributed by atoms with Crippen LogP contribution in [0.15, 0.2) is 0 Å². The first-order valence-corrected chi connectivity index (χ1v) is 20.5. The van der Waals surface area contributed by atoms with Gasteiger partial charge in [0, 0.05) is 0 Å².